The average molecular weight is 588 g/mol. The van der Waals surface area contributed by atoms with Gasteiger partial charge in [0.15, 0.2) is 0 Å². The van der Waals surface area contributed by atoms with Gasteiger partial charge in [0, 0.05) is 38.1 Å². The first-order valence-electron chi connectivity index (χ1n) is 13.7. The maximum absolute atomic E-state index is 12.4. The van der Waals surface area contributed by atoms with Gasteiger partial charge in [-0.3, -0.25) is 9.78 Å². The van der Waals surface area contributed by atoms with Crippen molar-refractivity contribution in [1.82, 2.24) is 15.6 Å². The normalized spacial score (nSPS) is 11.6. The molecule has 0 saturated carbocycles. The van der Waals surface area contributed by atoms with Crippen molar-refractivity contribution < 1.29 is 38.4 Å². The number of hydrogen-bond acceptors (Lipinski definition) is 10. The van der Waals surface area contributed by atoms with Gasteiger partial charge in [0.25, 0.3) is 5.91 Å². The van der Waals surface area contributed by atoms with Crippen LogP contribution in [0.3, 0.4) is 0 Å². The van der Waals surface area contributed by atoms with Crippen LogP contribution in [-0.4, -0.2) is 92.1 Å². The number of ether oxygens (including phenoxy) is 4. The fourth-order valence-corrected chi connectivity index (χ4v) is 3.43. The molecule has 0 bridgehead atoms. The molecular weight excluding hydrogens is 546 g/mol. The summed E-state index contributed by atoms with van der Waals surface area (Å²) in [5, 5.41) is 18.3. The van der Waals surface area contributed by atoms with E-state index in [0.29, 0.717) is 88.1 Å². The van der Waals surface area contributed by atoms with Crippen molar-refractivity contribution in [3.05, 3.63) is 65.0 Å². The zero-order valence-electron chi connectivity index (χ0n) is 24.4. The highest BCUT2D eigenvalue weighted by Gasteiger charge is 2.15. The molecule has 0 spiro atoms. The summed E-state index contributed by atoms with van der Waals surface area (Å²) in [7, 11) is 0. The summed E-state index contributed by atoms with van der Waals surface area (Å²) < 4.78 is 21.6. The number of hydrogen-bond donors (Lipinski definition) is 4. The predicted molar refractivity (Wildman–Crippen MR) is 156 cm³/mol. The number of amides is 2. The average Bonchev–Trinajstić information content (AvgIpc) is 2.95. The van der Waals surface area contributed by atoms with Gasteiger partial charge in [-0.05, 0) is 57.9 Å². The van der Waals surface area contributed by atoms with E-state index in [0.717, 1.165) is 0 Å². The van der Waals surface area contributed by atoms with Gasteiger partial charge in [-0.15, -0.1) is 0 Å². The van der Waals surface area contributed by atoms with E-state index in [9.17, 15) is 14.4 Å². The highest BCUT2D eigenvalue weighted by Crippen LogP contribution is 2.12. The fraction of sp³-hybridized carbons (Fsp3) is 0.483. The number of aromatic nitrogens is 1. The van der Waals surface area contributed by atoms with Crippen molar-refractivity contribution in [3.8, 4) is 0 Å². The zero-order chi connectivity index (χ0) is 30.8. The lowest BCUT2D eigenvalue weighted by Crippen LogP contribution is -2.33. The second-order valence-corrected chi connectivity index (χ2v) is 10.0. The lowest BCUT2D eigenvalue weighted by Gasteiger charge is -2.19. The van der Waals surface area contributed by atoms with Gasteiger partial charge in [-0.2, -0.15) is 5.10 Å². The van der Waals surface area contributed by atoms with E-state index in [1.54, 1.807) is 24.3 Å². The van der Waals surface area contributed by atoms with Crippen LogP contribution < -0.4 is 16.5 Å². The van der Waals surface area contributed by atoms with Crippen LogP contribution in [0, 0.1) is 0 Å². The number of benzene rings is 1. The van der Waals surface area contributed by atoms with Crippen LogP contribution in [0.5, 0.6) is 0 Å². The van der Waals surface area contributed by atoms with E-state index in [1.807, 2.05) is 20.8 Å². The third kappa shape index (κ3) is 13.5. The Balaban J connectivity index is 1.50. The highest BCUT2D eigenvalue weighted by atomic mass is 16.6. The van der Waals surface area contributed by atoms with Crippen LogP contribution in [0.4, 0.5) is 4.79 Å². The third-order valence-corrected chi connectivity index (χ3v) is 5.43. The first-order chi connectivity index (χ1) is 20.1. The molecule has 1 aromatic heterocycles. The van der Waals surface area contributed by atoms with Gasteiger partial charge in [-0.1, -0.05) is 12.1 Å². The number of rotatable bonds is 18. The summed E-state index contributed by atoms with van der Waals surface area (Å²) in [5.41, 5.74) is 1.44. The molecule has 0 aliphatic carbocycles. The number of carbonyl (C=O) groups excluding carboxylic acids is 2. The number of nitrogens with two attached hydrogens (primary N) is 1. The maximum Gasteiger partial charge on any atom is 0.407 e. The molecule has 42 heavy (non-hydrogen) atoms. The summed E-state index contributed by atoms with van der Waals surface area (Å²) in [4.78, 5) is 39.3. The van der Waals surface area contributed by atoms with E-state index in [1.165, 1.54) is 18.3 Å². The number of aromatic carboxylic acids is 1. The smallest absolute Gasteiger partial charge is 0.407 e. The third-order valence-electron chi connectivity index (χ3n) is 5.43. The van der Waals surface area contributed by atoms with Crippen LogP contribution in [0.25, 0.3) is 0 Å². The van der Waals surface area contributed by atoms with Gasteiger partial charge in [0.1, 0.15) is 11.3 Å². The van der Waals surface area contributed by atoms with Gasteiger partial charge >= 0.3 is 12.1 Å². The summed E-state index contributed by atoms with van der Waals surface area (Å²) >= 11 is 0. The summed E-state index contributed by atoms with van der Waals surface area (Å²) in [6.45, 7) is 9.10. The second-order valence-electron chi connectivity index (χ2n) is 10.0. The van der Waals surface area contributed by atoms with Crippen molar-refractivity contribution >= 4 is 23.7 Å². The van der Waals surface area contributed by atoms with E-state index in [2.05, 4.69) is 20.7 Å². The van der Waals surface area contributed by atoms with Crippen molar-refractivity contribution in [2.75, 3.05) is 52.7 Å². The summed E-state index contributed by atoms with van der Waals surface area (Å²) in [5.74, 6) is 4.24. The number of carboxylic acids is 1. The van der Waals surface area contributed by atoms with E-state index < -0.39 is 17.7 Å². The number of carboxylic acid groups (broad SMARTS) is 1. The first kappa shape index (κ1) is 34.1. The zero-order valence-corrected chi connectivity index (χ0v) is 24.4. The standard InChI is InChI=1S/C29H41N5O8/c1-29(2,3)42-28(38)32-13-5-15-40-17-19-41-18-16-39-14-4-12-31-26(35)23-10-11-24(33-20-23)25(34-30)21-6-8-22(9-7-21)27(36)37/h6-11,20H,4-5,12-19,30H2,1-3H3,(H,31,35)(H,32,38)(H,36,37)/b34-25+. The quantitative estimate of drug-likeness (QED) is 0.0875. The van der Waals surface area contributed by atoms with Crippen LogP contribution in [0.1, 0.15) is 65.6 Å². The number of alkyl carbamates (subject to hydrolysis) is 1. The predicted octanol–water partition coefficient (Wildman–Crippen LogP) is 2.58. The van der Waals surface area contributed by atoms with Gasteiger partial charge < -0.3 is 40.5 Å². The Morgan fingerprint density at radius 3 is 1.83 bits per heavy atom. The largest absolute Gasteiger partial charge is 0.478 e. The minimum Gasteiger partial charge on any atom is -0.478 e. The molecule has 5 N–H and O–H groups in total. The maximum atomic E-state index is 12.4. The van der Waals surface area contributed by atoms with Crippen LogP contribution in [0.2, 0.25) is 0 Å². The van der Waals surface area contributed by atoms with Gasteiger partial charge in [-0.25, -0.2) is 9.59 Å². The molecule has 1 aromatic carbocycles. The first-order valence-corrected chi connectivity index (χ1v) is 13.7. The molecule has 0 atom stereocenters. The number of nitrogens with one attached hydrogen (secondary N) is 2. The van der Waals surface area contributed by atoms with Gasteiger partial charge in [0.05, 0.1) is 43.2 Å². The molecule has 0 saturated heterocycles. The molecule has 1 heterocycles. The molecule has 0 aliphatic heterocycles. The second kappa shape index (κ2) is 18.4. The molecule has 2 rings (SSSR count). The molecule has 0 aliphatic rings. The van der Waals surface area contributed by atoms with Crippen molar-refractivity contribution in [2.24, 2.45) is 10.9 Å². The highest BCUT2D eigenvalue weighted by molar-refractivity contribution is 6.12. The Bertz CT molecular complexity index is 1150. The molecule has 0 fully saturated rings. The fourth-order valence-electron chi connectivity index (χ4n) is 3.43. The van der Waals surface area contributed by atoms with E-state index in [4.69, 9.17) is 29.9 Å². The van der Waals surface area contributed by atoms with Gasteiger partial charge in [0.2, 0.25) is 0 Å². The van der Waals surface area contributed by atoms with Crippen LogP contribution in [0.15, 0.2) is 47.7 Å². The Kier molecular flexibility index (Phi) is 14.9. The summed E-state index contributed by atoms with van der Waals surface area (Å²) in [6.07, 6.45) is 2.31. The molecular formula is C29H41N5O8. The topological polar surface area (TPSA) is 184 Å². The number of hydrazone groups is 1. The molecule has 13 heteroatoms. The van der Waals surface area contributed by atoms with Crippen molar-refractivity contribution in [2.45, 2.75) is 39.2 Å². The molecule has 2 aromatic rings. The monoisotopic (exact) mass is 587 g/mol. The van der Waals surface area contributed by atoms with Crippen molar-refractivity contribution in [1.29, 1.82) is 0 Å². The lowest BCUT2D eigenvalue weighted by molar-refractivity contribution is 0.0136. The molecule has 13 nitrogen and oxygen atoms in total. The minimum atomic E-state index is -1.03. The molecule has 0 unspecified atom stereocenters. The summed E-state index contributed by atoms with van der Waals surface area (Å²) in [6, 6.07) is 9.35. The molecule has 0 radical (unpaired) electrons. The Hall–Kier alpha value is -4.07. The van der Waals surface area contributed by atoms with E-state index >= 15 is 0 Å². The number of nitrogens with zero attached hydrogens (tertiary/aromatic N) is 2. The van der Waals surface area contributed by atoms with Crippen LogP contribution >= 0.6 is 0 Å². The Labute approximate surface area is 245 Å². The molecule has 2 amide bonds. The number of pyridine rings is 1. The van der Waals surface area contributed by atoms with Crippen LogP contribution in [-0.2, 0) is 18.9 Å². The molecule has 230 valence electrons. The van der Waals surface area contributed by atoms with Crippen molar-refractivity contribution in [3.63, 3.8) is 0 Å². The number of carbonyl (C=O) groups is 3. The SMILES string of the molecule is CC(C)(C)OC(=O)NCCCOCCOCCOCCCNC(=O)c1ccc(/C(=N/N)c2ccc(C(=O)O)cc2)nc1. The lowest BCUT2D eigenvalue weighted by atomic mass is 10.0. The van der Waals surface area contributed by atoms with E-state index in [-0.39, 0.29) is 11.5 Å². The minimum absolute atomic E-state index is 0.148. The Morgan fingerprint density at radius 1 is 0.810 bits per heavy atom. The Morgan fingerprint density at radius 2 is 1.33 bits per heavy atom.